The van der Waals surface area contributed by atoms with E-state index in [2.05, 4.69) is 93.6 Å². The first-order valence-corrected chi connectivity index (χ1v) is 11.0. The van der Waals surface area contributed by atoms with Crippen molar-refractivity contribution in [3.05, 3.63) is 65.2 Å². The summed E-state index contributed by atoms with van der Waals surface area (Å²) in [5, 5.41) is 3.69. The maximum absolute atomic E-state index is 6.20. The van der Waals surface area contributed by atoms with Gasteiger partial charge in [-0.1, -0.05) is 48.9 Å². The van der Waals surface area contributed by atoms with Crippen molar-refractivity contribution >= 4 is 5.69 Å². The van der Waals surface area contributed by atoms with E-state index < -0.39 is 0 Å². The summed E-state index contributed by atoms with van der Waals surface area (Å²) in [4.78, 5) is 2.14. The topological polar surface area (TPSA) is 24.5 Å². The molecule has 1 heterocycles. The zero-order chi connectivity index (χ0) is 20.9. The van der Waals surface area contributed by atoms with Gasteiger partial charge in [-0.15, -0.1) is 0 Å². The molecule has 0 spiro atoms. The molecule has 29 heavy (non-hydrogen) atoms. The van der Waals surface area contributed by atoms with Crippen LogP contribution in [0.25, 0.3) is 0 Å². The van der Waals surface area contributed by atoms with Crippen molar-refractivity contribution in [2.24, 2.45) is 0 Å². The summed E-state index contributed by atoms with van der Waals surface area (Å²) in [5.74, 6) is 0. The van der Waals surface area contributed by atoms with Crippen molar-refractivity contribution in [1.82, 2.24) is 5.32 Å². The fourth-order valence-electron chi connectivity index (χ4n) is 4.56. The molecule has 3 nitrogen and oxygen atoms in total. The van der Waals surface area contributed by atoms with E-state index in [1.165, 1.54) is 22.4 Å². The molecule has 1 aliphatic heterocycles. The summed E-state index contributed by atoms with van der Waals surface area (Å²) in [6.45, 7) is 9.49. The molecule has 3 rings (SSSR count). The standard InChI is InChI=1S/C26H38N2O/c1-6-25(3)20-26(16-18-29-25,23-11-7-21(2)8-12-23)15-17-27-19-22-9-13-24(14-10-22)28(4)5/h7-14,27H,6,15-20H2,1-5H3/t25-,26+/m0/s1. The van der Waals surface area contributed by atoms with E-state index in [4.69, 9.17) is 4.74 Å². The van der Waals surface area contributed by atoms with Crippen molar-refractivity contribution in [2.45, 2.75) is 64.0 Å². The third kappa shape index (κ3) is 5.40. The van der Waals surface area contributed by atoms with Crippen LogP contribution in [0, 0.1) is 6.92 Å². The Morgan fingerprint density at radius 2 is 1.72 bits per heavy atom. The van der Waals surface area contributed by atoms with E-state index in [0.29, 0.717) is 0 Å². The Morgan fingerprint density at radius 3 is 2.34 bits per heavy atom. The van der Waals surface area contributed by atoms with Crippen LogP contribution in [-0.4, -0.2) is 32.8 Å². The number of nitrogens with zero attached hydrogens (tertiary/aromatic N) is 1. The highest BCUT2D eigenvalue weighted by Crippen LogP contribution is 2.45. The smallest absolute Gasteiger partial charge is 0.0660 e. The second-order valence-electron chi connectivity index (χ2n) is 9.21. The van der Waals surface area contributed by atoms with Gasteiger partial charge in [0.1, 0.15) is 0 Å². The summed E-state index contributed by atoms with van der Waals surface area (Å²) in [6, 6.07) is 18.0. The molecular weight excluding hydrogens is 356 g/mol. The molecular formula is C26H38N2O. The molecule has 0 aliphatic carbocycles. The van der Waals surface area contributed by atoms with Crippen LogP contribution in [0.3, 0.4) is 0 Å². The Morgan fingerprint density at radius 1 is 1.03 bits per heavy atom. The van der Waals surface area contributed by atoms with E-state index in [1.54, 1.807) is 0 Å². The van der Waals surface area contributed by atoms with Crippen molar-refractivity contribution in [3.63, 3.8) is 0 Å². The van der Waals surface area contributed by atoms with Gasteiger partial charge < -0.3 is 15.0 Å². The predicted octanol–water partition coefficient (Wildman–Crippen LogP) is 5.46. The van der Waals surface area contributed by atoms with Crippen LogP contribution in [0.15, 0.2) is 48.5 Å². The summed E-state index contributed by atoms with van der Waals surface area (Å²) in [6.07, 6.45) is 4.40. The molecule has 1 fully saturated rings. The van der Waals surface area contributed by atoms with E-state index in [0.717, 1.165) is 45.4 Å². The third-order valence-electron chi connectivity index (χ3n) is 6.72. The summed E-state index contributed by atoms with van der Waals surface area (Å²) < 4.78 is 6.20. The number of rotatable bonds is 8. The number of benzene rings is 2. The largest absolute Gasteiger partial charge is 0.378 e. The van der Waals surface area contributed by atoms with Gasteiger partial charge in [0.05, 0.1) is 5.60 Å². The van der Waals surface area contributed by atoms with E-state index in [9.17, 15) is 0 Å². The van der Waals surface area contributed by atoms with Gasteiger partial charge in [0, 0.05) is 38.3 Å². The fraction of sp³-hybridized carbons (Fsp3) is 0.538. The lowest BCUT2D eigenvalue weighted by Crippen LogP contribution is -2.46. The van der Waals surface area contributed by atoms with Gasteiger partial charge >= 0.3 is 0 Å². The van der Waals surface area contributed by atoms with Crippen LogP contribution >= 0.6 is 0 Å². The highest BCUT2D eigenvalue weighted by atomic mass is 16.5. The van der Waals surface area contributed by atoms with Gasteiger partial charge in [-0.25, -0.2) is 0 Å². The molecule has 2 aromatic carbocycles. The first-order valence-electron chi connectivity index (χ1n) is 11.0. The van der Waals surface area contributed by atoms with Crippen molar-refractivity contribution < 1.29 is 4.74 Å². The Bertz CT molecular complexity index is 768. The monoisotopic (exact) mass is 394 g/mol. The molecule has 2 atom stereocenters. The number of aryl methyl sites for hydroxylation is 1. The van der Waals surface area contributed by atoms with Crippen LogP contribution in [0.2, 0.25) is 0 Å². The lowest BCUT2D eigenvalue weighted by molar-refractivity contribution is -0.0979. The Kier molecular flexibility index (Phi) is 7.02. The van der Waals surface area contributed by atoms with Crippen LogP contribution in [0.4, 0.5) is 5.69 Å². The Labute approximate surface area is 177 Å². The normalized spacial score (nSPS) is 24.4. The number of ether oxygens (including phenoxy) is 1. The molecule has 1 N–H and O–H groups in total. The van der Waals surface area contributed by atoms with Crippen LogP contribution < -0.4 is 10.2 Å². The molecule has 0 amide bonds. The van der Waals surface area contributed by atoms with Gasteiger partial charge in [0.15, 0.2) is 0 Å². The quantitative estimate of drug-likeness (QED) is 0.602. The number of hydrogen-bond acceptors (Lipinski definition) is 3. The van der Waals surface area contributed by atoms with Crippen molar-refractivity contribution in [1.29, 1.82) is 0 Å². The molecule has 0 unspecified atom stereocenters. The average Bonchev–Trinajstić information content (AvgIpc) is 2.72. The predicted molar refractivity (Wildman–Crippen MR) is 124 cm³/mol. The van der Waals surface area contributed by atoms with Crippen LogP contribution in [0.5, 0.6) is 0 Å². The van der Waals surface area contributed by atoms with E-state index >= 15 is 0 Å². The highest BCUT2D eigenvalue weighted by molar-refractivity contribution is 5.46. The minimum absolute atomic E-state index is 0.0227. The second-order valence-corrected chi connectivity index (χ2v) is 9.21. The zero-order valence-electron chi connectivity index (χ0n) is 18.9. The Balaban J connectivity index is 1.66. The summed E-state index contributed by atoms with van der Waals surface area (Å²) >= 11 is 0. The first-order chi connectivity index (χ1) is 13.9. The van der Waals surface area contributed by atoms with Crippen molar-refractivity contribution in [3.8, 4) is 0 Å². The van der Waals surface area contributed by atoms with Crippen LogP contribution in [0.1, 0.15) is 56.2 Å². The molecule has 0 aromatic heterocycles. The third-order valence-corrected chi connectivity index (χ3v) is 6.72. The molecule has 0 saturated carbocycles. The summed E-state index contributed by atoms with van der Waals surface area (Å²) in [7, 11) is 4.16. The number of anilines is 1. The van der Waals surface area contributed by atoms with E-state index in [1.807, 2.05) is 0 Å². The maximum Gasteiger partial charge on any atom is 0.0660 e. The first kappa shape index (κ1) is 21.9. The van der Waals surface area contributed by atoms with Crippen molar-refractivity contribution in [2.75, 3.05) is 32.1 Å². The number of hydrogen-bond donors (Lipinski definition) is 1. The molecule has 0 bridgehead atoms. The van der Waals surface area contributed by atoms with E-state index in [-0.39, 0.29) is 11.0 Å². The zero-order valence-corrected chi connectivity index (χ0v) is 18.9. The molecule has 1 aliphatic rings. The highest BCUT2D eigenvalue weighted by Gasteiger charge is 2.43. The van der Waals surface area contributed by atoms with Crippen LogP contribution in [-0.2, 0) is 16.7 Å². The molecule has 0 radical (unpaired) electrons. The molecule has 158 valence electrons. The second kappa shape index (κ2) is 9.32. The number of nitrogens with one attached hydrogen (secondary N) is 1. The lowest BCUT2D eigenvalue weighted by Gasteiger charge is -2.47. The van der Waals surface area contributed by atoms with Gasteiger partial charge in [-0.2, -0.15) is 0 Å². The summed E-state index contributed by atoms with van der Waals surface area (Å²) in [5.41, 5.74) is 5.55. The minimum atomic E-state index is -0.0227. The molecule has 2 aromatic rings. The van der Waals surface area contributed by atoms with Gasteiger partial charge in [0.2, 0.25) is 0 Å². The van der Waals surface area contributed by atoms with Gasteiger partial charge in [-0.3, -0.25) is 0 Å². The Hall–Kier alpha value is -1.84. The average molecular weight is 395 g/mol. The van der Waals surface area contributed by atoms with Gasteiger partial charge in [-0.05, 0) is 69.3 Å². The maximum atomic E-state index is 6.20. The fourth-order valence-corrected chi connectivity index (χ4v) is 4.56. The lowest BCUT2D eigenvalue weighted by atomic mass is 9.66. The SMILES string of the molecule is CC[C@@]1(C)C[C@](CCNCc2ccc(N(C)C)cc2)(c2ccc(C)cc2)CCO1. The van der Waals surface area contributed by atoms with Gasteiger partial charge in [0.25, 0.3) is 0 Å². The molecule has 1 saturated heterocycles. The minimum Gasteiger partial charge on any atom is -0.378 e. The molecule has 3 heteroatoms.